The van der Waals surface area contributed by atoms with Gasteiger partial charge in [-0.2, -0.15) is 0 Å². The average molecular weight is 163 g/mol. The third-order valence-corrected chi connectivity index (χ3v) is 2.37. The standard InChI is InChI=1S/C9H11N2O/c1-9(12,7-3-4-7)8-10-5-2-6-11-8/h2,5-7H,3-4H2,1H3. The van der Waals surface area contributed by atoms with E-state index < -0.39 is 5.60 Å². The Kier molecular flexibility index (Phi) is 1.61. The molecule has 0 saturated heterocycles. The van der Waals surface area contributed by atoms with E-state index in [-0.39, 0.29) is 5.92 Å². The maximum atomic E-state index is 11.9. The van der Waals surface area contributed by atoms with Crippen molar-refractivity contribution in [3.63, 3.8) is 0 Å². The van der Waals surface area contributed by atoms with Gasteiger partial charge in [-0.05, 0) is 31.7 Å². The van der Waals surface area contributed by atoms with Crippen molar-refractivity contribution in [3.05, 3.63) is 24.3 Å². The van der Waals surface area contributed by atoms with Gasteiger partial charge in [-0.1, -0.05) is 0 Å². The number of hydrogen-bond donors (Lipinski definition) is 0. The Morgan fingerprint density at radius 2 is 2.00 bits per heavy atom. The predicted molar refractivity (Wildman–Crippen MR) is 42.8 cm³/mol. The Morgan fingerprint density at radius 1 is 1.42 bits per heavy atom. The highest BCUT2D eigenvalue weighted by molar-refractivity contribution is 5.06. The van der Waals surface area contributed by atoms with Gasteiger partial charge < -0.3 is 0 Å². The number of aromatic nitrogens is 2. The first-order chi connectivity index (χ1) is 5.71. The molecular formula is C9H11N2O. The first-order valence-electron chi connectivity index (χ1n) is 4.19. The lowest BCUT2D eigenvalue weighted by Gasteiger charge is -2.17. The van der Waals surface area contributed by atoms with Gasteiger partial charge in [0.15, 0.2) is 11.4 Å². The van der Waals surface area contributed by atoms with Crippen LogP contribution in [0.4, 0.5) is 0 Å². The van der Waals surface area contributed by atoms with Crippen molar-refractivity contribution in [3.8, 4) is 0 Å². The van der Waals surface area contributed by atoms with Crippen LogP contribution in [0.15, 0.2) is 18.5 Å². The third kappa shape index (κ3) is 1.20. The predicted octanol–water partition coefficient (Wildman–Crippen LogP) is 1.53. The van der Waals surface area contributed by atoms with Crippen LogP contribution in [0.2, 0.25) is 0 Å². The number of rotatable bonds is 2. The molecule has 0 N–H and O–H groups in total. The minimum Gasteiger partial charge on any atom is -0.238 e. The van der Waals surface area contributed by atoms with Gasteiger partial charge in [0, 0.05) is 12.4 Å². The molecule has 3 nitrogen and oxygen atoms in total. The zero-order chi connectivity index (χ0) is 8.60. The van der Waals surface area contributed by atoms with Gasteiger partial charge >= 0.3 is 0 Å². The fourth-order valence-electron chi connectivity index (χ4n) is 1.37. The van der Waals surface area contributed by atoms with Gasteiger partial charge in [-0.15, -0.1) is 0 Å². The van der Waals surface area contributed by atoms with Gasteiger partial charge in [0.2, 0.25) is 0 Å². The molecule has 1 aromatic rings. The summed E-state index contributed by atoms with van der Waals surface area (Å²) >= 11 is 0. The SMILES string of the molecule is CC([O])(c1ncccn1)C1CC1. The van der Waals surface area contributed by atoms with Crippen LogP contribution in [0.3, 0.4) is 0 Å². The Morgan fingerprint density at radius 3 is 2.50 bits per heavy atom. The van der Waals surface area contributed by atoms with E-state index in [9.17, 15) is 5.11 Å². The molecule has 1 aliphatic carbocycles. The fraction of sp³-hybridized carbons (Fsp3) is 0.556. The van der Waals surface area contributed by atoms with Crippen molar-refractivity contribution in [1.82, 2.24) is 9.97 Å². The lowest BCUT2D eigenvalue weighted by atomic mass is 10.00. The minimum absolute atomic E-state index is 0.250. The topological polar surface area (TPSA) is 45.7 Å². The summed E-state index contributed by atoms with van der Waals surface area (Å²) in [5.41, 5.74) is -1.07. The van der Waals surface area contributed by atoms with E-state index in [1.807, 2.05) is 0 Å². The Labute approximate surface area is 71.5 Å². The molecule has 3 heteroatoms. The van der Waals surface area contributed by atoms with Gasteiger partial charge in [-0.25, -0.2) is 15.1 Å². The van der Waals surface area contributed by atoms with E-state index >= 15 is 0 Å². The molecule has 0 aliphatic heterocycles. The molecule has 0 aromatic carbocycles. The van der Waals surface area contributed by atoms with Gasteiger partial charge in [-0.3, -0.25) is 0 Å². The van der Waals surface area contributed by atoms with Crippen molar-refractivity contribution in [2.45, 2.75) is 25.4 Å². The lowest BCUT2D eigenvalue weighted by Crippen LogP contribution is -2.24. The maximum Gasteiger partial charge on any atom is 0.163 e. The molecule has 0 spiro atoms. The molecule has 2 rings (SSSR count). The average Bonchev–Trinajstić information content (AvgIpc) is 2.88. The molecule has 1 aliphatic rings. The van der Waals surface area contributed by atoms with E-state index in [0.717, 1.165) is 12.8 Å². The van der Waals surface area contributed by atoms with Crippen molar-refractivity contribution in [2.75, 3.05) is 0 Å². The molecule has 1 unspecified atom stereocenters. The molecular weight excluding hydrogens is 152 g/mol. The van der Waals surface area contributed by atoms with Crippen molar-refractivity contribution in [1.29, 1.82) is 0 Å². The van der Waals surface area contributed by atoms with E-state index in [2.05, 4.69) is 9.97 Å². The van der Waals surface area contributed by atoms with Crippen LogP contribution in [0.1, 0.15) is 25.6 Å². The number of hydrogen-bond acceptors (Lipinski definition) is 2. The van der Waals surface area contributed by atoms with Crippen LogP contribution >= 0.6 is 0 Å². The van der Waals surface area contributed by atoms with Crippen LogP contribution in [0.5, 0.6) is 0 Å². The zero-order valence-corrected chi connectivity index (χ0v) is 7.03. The normalized spacial score (nSPS) is 21.8. The molecule has 1 saturated carbocycles. The second kappa shape index (κ2) is 2.52. The Bertz CT molecular complexity index is 267. The molecule has 1 fully saturated rings. The van der Waals surface area contributed by atoms with Crippen LogP contribution < -0.4 is 0 Å². The van der Waals surface area contributed by atoms with Gasteiger partial charge in [0.05, 0.1) is 0 Å². The van der Waals surface area contributed by atoms with Crippen molar-refractivity contribution in [2.24, 2.45) is 5.92 Å². The van der Waals surface area contributed by atoms with Crippen molar-refractivity contribution >= 4 is 0 Å². The zero-order valence-electron chi connectivity index (χ0n) is 7.03. The summed E-state index contributed by atoms with van der Waals surface area (Å²) in [6, 6.07) is 1.73. The first kappa shape index (κ1) is 7.68. The Balaban J connectivity index is 2.28. The minimum atomic E-state index is -1.07. The molecule has 63 valence electrons. The quantitative estimate of drug-likeness (QED) is 0.663. The van der Waals surface area contributed by atoms with E-state index in [1.54, 1.807) is 25.4 Å². The summed E-state index contributed by atoms with van der Waals surface area (Å²) in [6.07, 6.45) is 5.30. The smallest absolute Gasteiger partial charge is 0.163 e. The van der Waals surface area contributed by atoms with E-state index in [1.165, 1.54) is 0 Å². The molecule has 0 bridgehead atoms. The summed E-state index contributed by atoms with van der Waals surface area (Å²) in [6.45, 7) is 1.68. The summed E-state index contributed by atoms with van der Waals surface area (Å²) in [4.78, 5) is 7.98. The highest BCUT2D eigenvalue weighted by Gasteiger charge is 2.45. The van der Waals surface area contributed by atoms with E-state index in [4.69, 9.17) is 0 Å². The summed E-state index contributed by atoms with van der Waals surface area (Å²) in [5.74, 6) is 0.687. The molecule has 1 heterocycles. The summed E-state index contributed by atoms with van der Waals surface area (Å²) in [7, 11) is 0. The van der Waals surface area contributed by atoms with Crippen molar-refractivity contribution < 1.29 is 5.11 Å². The fourth-order valence-corrected chi connectivity index (χ4v) is 1.37. The van der Waals surface area contributed by atoms with Crippen LogP contribution in [-0.2, 0) is 10.7 Å². The monoisotopic (exact) mass is 163 g/mol. The summed E-state index contributed by atoms with van der Waals surface area (Å²) < 4.78 is 0. The second-order valence-corrected chi connectivity index (χ2v) is 3.45. The van der Waals surface area contributed by atoms with Crippen LogP contribution in [-0.4, -0.2) is 9.97 Å². The second-order valence-electron chi connectivity index (χ2n) is 3.45. The molecule has 12 heavy (non-hydrogen) atoms. The lowest BCUT2D eigenvalue weighted by molar-refractivity contribution is -0.0458. The van der Waals surface area contributed by atoms with Crippen LogP contribution in [0, 0.1) is 5.92 Å². The molecule has 1 aromatic heterocycles. The van der Waals surface area contributed by atoms with Crippen LogP contribution in [0.25, 0.3) is 0 Å². The Hall–Kier alpha value is -0.960. The highest BCUT2D eigenvalue weighted by atomic mass is 16.3. The maximum absolute atomic E-state index is 11.9. The number of nitrogens with zero attached hydrogens (tertiary/aromatic N) is 2. The first-order valence-corrected chi connectivity index (χ1v) is 4.19. The van der Waals surface area contributed by atoms with E-state index in [0.29, 0.717) is 5.82 Å². The molecule has 1 atom stereocenters. The van der Waals surface area contributed by atoms with Gasteiger partial charge in [0.25, 0.3) is 0 Å². The molecule has 1 radical (unpaired) electrons. The van der Waals surface area contributed by atoms with Gasteiger partial charge in [0.1, 0.15) is 0 Å². The molecule has 0 amide bonds. The highest BCUT2D eigenvalue weighted by Crippen LogP contribution is 2.44. The summed E-state index contributed by atoms with van der Waals surface area (Å²) in [5, 5.41) is 11.9. The largest absolute Gasteiger partial charge is 0.238 e. The third-order valence-electron chi connectivity index (χ3n) is 2.37.